The number of hydrogen-bond acceptors (Lipinski definition) is 2. The molecule has 2 aromatic rings. The van der Waals surface area contributed by atoms with Crippen molar-refractivity contribution < 1.29 is 0 Å². The standard InChI is InChI=1S/C102H182N2/c1-5-9-13-17-21-24-27-30-33-36-39-42-45-47-49-51-53-56-59-62-65-68-71-74-77-81-89-97-91-85-87-93-99(97)103-101(95-83-79-20-16-12-8-4)102(96-84-80-76-73-70-67-64-61-58-55-44-41-38-35-32-29-26-23-19-15-11-7-3)104-100-94-88-86-92-98(100)90-82-78-75-72-69-66-63-60-57-54-52-50-48-46-43-40-37-34-31-28-25-22-18-14-10-6-2/h71-72,74-75,84-88,91-94,96H,5-70,73,76-83,89-90,95H2,1-4H3/b74-71+,75-72+,96-84+,103-101?,104-102?. The van der Waals surface area contributed by atoms with Crippen LogP contribution in [0.3, 0.4) is 0 Å². The molecular formula is C102H182N2. The predicted molar refractivity (Wildman–Crippen MR) is 475 cm³/mol. The van der Waals surface area contributed by atoms with Crippen molar-refractivity contribution in [3.63, 3.8) is 0 Å². The van der Waals surface area contributed by atoms with Crippen LogP contribution in [0.2, 0.25) is 0 Å². The zero-order valence-electron chi connectivity index (χ0n) is 71.1. The van der Waals surface area contributed by atoms with Crippen LogP contribution in [0.15, 0.2) is 95.0 Å². The first kappa shape index (κ1) is 97.1. The first-order valence-electron chi connectivity index (χ1n) is 48.0. The van der Waals surface area contributed by atoms with Crippen molar-refractivity contribution in [3.8, 4) is 0 Å². The lowest BCUT2D eigenvalue weighted by molar-refractivity contribution is 0.520. The Morgan fingerprint density at radius 2 is 0.413 bits per heavy atom. The van der Waals surface area contributed by atoms with Crippen LogP contribution in [0.5, 0.6) is 0 Å². The Labute approximate surface area is 653 Å². The second-order valence-electron chi connectivity index (χ2n) is 33.2. The molecule has 0 aromatic heterocycles. The molecule has 600 valence electrons. The summed E-state index contributed by atoms with van der Waals surface area (Å²) >= 11 is 0. The number of nitrogens with zero attached hydrogens (tertiary/aromatic N) is 2. The van der Waals surface area contributed by atoms with Gasteiger partial charge in [-0.05, 0) is 119 Å². The summed E-state index contributed by atoms with van der Waals surface area (Å²) in [6.45, 7) is 9.28. The maximum atomic E-state index is 5.71. The van der Waals surface area contributed by atoms with Crippen LogP contribution in [0, 0.1) is 0 Å². The molecule has 0 amide bonds. The fourth-order valence-electron chi connectivity index (χ4n) is 15.8. The lowest BCUT2D eigenvalue weighted by Gasteiger charge is -2.12. The van der Waals surface area contributed by atoms with Crippen LogP contribution >= 0.6 is 0 Å². The van der Waals surface area contributed by atoms with E-state index in [9.17, 15) is 0 Å². The Bertz CT molecular complexity index is 2170. The molecule has 0 unspecified atom stereocenters. The molecular weight excluding hydrogens is 1250 g/mol. The van der Waals surface area contributed by atoms with Crippen LogP contribution in [-0.4, -0.2) is 11.4 Å². The van der Waals surface area contributed by atoms with Crippen LogP contribution in [0.25, 0.3) is 0 Å². The summed E-state index contributed by atoms with van der Waals surface area (Å²) in [7, 11) is 0. The van der Waals surface area contributed by atoms with Gasteiger partial charge in [0.25, 0.3) is 0 Å². The number of rotatable bonds is 84. The summed E-state index contributed by atoms with van der Waals surface area (Å²) in [5.41, 5.74) is 7.30. The summed E-state index contributed by atoms with van der Waals surface area (Å²) in [5.74, 6) is 0. The van der Waals surface area contributed by atoms with Crippen molar-refractivity contribution in [1.29, 1.82) is 0 Å². The minimum atomic E-state index is 0.970. The van der Waals surface area contributed by atoms with Gasteiger partial charge in [-0.3, -0.25) is 4.99 Å². The summed E-state index contributed by atoms with van der Waals surface area (Å²) in [6, 6.07) is 18.2. The van der Waals surface area contributed by atoms with Crippen LogP contribution < -0.4 is 0 Å². The SMILES string of the molecule is CCCCCCCCCCCCCCCCCCCCCC/C=C/C(=Nc1ccccc1CCC/C=C/CCCCCCCCCCCCCCCCCCCCCCC)C(CCCCCCCC)=Nc1ccccc1CCC/C=C/CCCCCCCCCCCCCCCCCCCCCCC. The summed E-state index contributed by atoms with van der Waals surface area (Å²) in [4.78, 5) is 11.4. The molecule has 0 atom stereocenters. The Kier molecular flexibility index (Phi) is 77.0. The van der Waals surface area contributed by atoms with Crippen molar-refractivity contribution >= 4 is 22.8 Å². The summed E-state index contributed by atoms with van der Waals surface area (Å²) in [5, 5.41) is 0. The molecule has 0 N–H and O–H groups in total. The third-order valence-corrected chi connectivity index (χ3v) is 23.0. The molecule has 2 heteroatoms. The van der Waals surface area contributed by atoms with Crippen LogP contribution in [0.4, 0.5) is 11.4 Å². The van der Waals surface area contributed by atoms with Gasteiger partial charge in [0, 0.05) is 0 Å². The van der Waals surface area contributed by atoms with Gasteiger partial charge in [0.05, 0.1) is 22.8 Å². The smallest absolute Gasteiger partial charge is 0.0848 e. The molecule has 0 saturated heterocycles. The topological polar surface area (TPSA) is 24.7 Å². The number of hydrogen-bond donors (Lipinski definition) is 0. The number of para-hydroxylation sites is 2. The fraction of sp³-hybridized carbons (Fsp3) is 0.804. The normalized spacial score (nSPS) is 12.3. The summed E-state index contributed by atoms with van der Waals surface area (Å²) < 4.78 is 0. The van der Waals surface area contributed by atoms with E-state index in [0.29, 0.717) is 0 Å². The predicted octanol–water partition coefficient (Wildman–Crippen LogP) is 37.0. The van der Waals surface area contributed by atoms with Gasteiger partial charge in [0.15, 0.2) is 0 Å². The van der Waals surface area contributed by atoms with Gasteiger partial charge in [-0.1, -0.05) is 505 Å². The zero-order chi connectivity index (χ0) is 73.9. The maximum Gasteiger partial charge on any atom is 0.0848 e. The van der Waals surface area contributed by atoms with E-state index in [4.69, 9.17) is 9.98 Å². The van der Waals surface area contributed by atoms with Gasteiger partial charge in [-0.2, -0.15) is 0 Å². The molecule has 2 rings (SSSR count). The first-order valence-corrected chi connectivity index (χ1v) is 48.0. The van der Waals surface area contributed by atoms with E-state index in [2.05, 4.69) is 113 Å². The highest BCUT2D eigenvalue weighted by molar-refractivity contribution is 6.47. The average Bonchev–Trinajstić information content (AvgIpc) is 0.853. The largest absolute Gasteiger partial charge is 0.251 e. The fourth-order valence-corrected chi connectivity index (χ4v) is 15.8. The average molecular weight is 1440 g/mol. The minimum Gasteiger partial charge on any atom is -0.251 e. The zero-order valence-corrected chi connectivity index (χ0v) is 71.1. The number of unbranched alkanes of at least 4 members (excludes halogenated alkanes) is 69. The Balaban J connectivity index is 1.93. The van der Waals surface area contributed by atoms with Crippen molar-refractivity contribution in [2.24, 2.45) is 9.98 Å². The molecule has 2 aromatic carbocycles. The van der Waals surface area contributed by atoms with Crippen molar-refractivity contribution in [2.45, 2.75) is 529 Å². The molecule has 0 aliphatic carbocycles. The Morgan fingerprint density at radius 3 is 0.673 bits per heavy atom. The lowest BCUT2D eigenvalue weighted by Crippen LogP contribution is -2.12. The van der Waals surface area contributed by atoms with E-state index >= 15 is 0 Å². The highest BCUT2D eigenvalue weighted by atomic mass is 14.8. The molecule has 2 nitrogen and oxygen atoms in total. The lowest BCUT2D eigenvalue weighted by atomic mass is 10.0. The van der Waals surface area contributed by atoms with Gasteiger partial charge in [0.1, 0.15) is 0 Å². The molecule has 0 saturated carbocycles. The third kappa shape index (κ3) is 67.1. The van der Waals surface area contributed by atoms with Gasteiger partial charge in [-0.15, -0.1) is 0 Å². The molecule has 0 fully saturated rings. The number of aryl methyl sites for hydroxylation is 2. The van der Waals surface area contributed by atoms with Gasteiger partial charge >= 0.3 is 0 Å². The highest BCUT2D eigenvalue weighted by Gasteiger charge is 2.13. The van der Waals surface area contributed by atoms with Crippen molar-refractivity contribution in [1.82, 2.24) is 0 Å². The summed E-state index contributed by atoms with van der Waals surface area (Å²) in [6.07, 6.45) is 123. The number of allylic oxidation sites excluding steroid dienone is 6. The quantitative estimate of drug-likeness (QED) is 0.0358. The van der Waals surface area contributed by atoms with Gasteiger partial charge in [0.2, 0.25) is 0 Å². The molecule has 0 heterocycles. The van der Waals surface area contributed by atoms with Crippen molar-refractivity contribution in [2.75, 3.05) is 0 Å². The molecule has 0 bridgehead atoms. The van der Waals surface area contributed by atoms with Crippen LogP contribution in [0.1, 0.15) is 527 Å². The monoisotopic (exact) mass is 1440 g/mol. The molecule has 0 radical (unpaired) electrons. The van der Waals surface area contributed by atoms with Gasteiger partial charge < -0.3 is 0 Å². The number of aliphatic imine (C=N–C) groups is 2. The van der Waals surface area contributed by atoms with E-state index in [1.54, 1.807) is 0 Å². The Hall–Kier alpha value is -3.00. The van der Waals surface area contributed by atoms with E-state index in [1.165, 1.54) is 460 Å². The van der Waals surface area contributed by atoms with Gasteiger partial charge in [-0.25, -0.2) is 4.99 Å². The molecule has 104 heavy (non-hydrogen) atoms. The third-order valence-electron chi connectivity index (χ3n) is 23.0. The van der Waals surface area contributed by atoms with E-state index in [1.807, 2.05) is 0 Å². The first-order chi connectivity index (χ1) is 51.7. The Morgan fingerprint density at radius 1 is 0.212 bits per heavy atom. The van der Waals surface area contributed by atoms with E-state index in [-0.39, 0.29) is 0 Å². The second kappa shape index (κ2) is 82.5. The molecule has 0 aliphatic heterocycles. The van der Waals surface area contributed by atoms with E-state index < -0.39 is 0 Å². The molecule has 0 aliphatic rings. The number of benzene rings is 2. The maximum absolute atomic E-state index is 5.71. The van der Waals surface area contributed by atoms with Crippen molar-refractivity contribution in [3.05, 3.63) is 96.1 Å². The molecule has 0 spiro atoms. The second-order valence-corrected chi connectivity index (χ2v) is 33.2. The van der Waals surface area contributed by atoms with Crippen LogP contribution in [-0.2, 0) is 12.8 Å². The highest BCUT2D eigenvalue weighted by Crippen LogP contribution is 2.28. The van der Waals surface area contributed by atoms with E-state index in [0.717, 1.165) is 74.9 Å². The minimum absolute atomic E-state index is 0.970.